The van der Waals surface area contributed by atoms with Gasteiger partial charge < -0.3 is 10.3 Å². The summed E-state index contributed by atoms with van der Waals surface area (Å²) in [5, 5.41) is 13.8. The minimum atomic E-state index is 0.573. The second-order valence-electron chi connectivity index (χ2n) is 1.99. The SMILES string of the molecule is CNc1nnnc2nc[nH]c12. The summed E-state index contributed by atoms with van der Waals surface area (Å²) < 4.78 is 0. The first-order chi connectivity index (χ1) is 5.42. The molecule has 2 rings (SSSR count). The first-order valence-corrected chi connectivity index (χ1v) is 3.12. The highest BCUT2D eigenvalue weighted by molar-refractivity contribution is 5.81. The monoisotopic (exact) mass is 150 g/mol. The van der Waals surface area contributed by atoms with Gasteiger partial charge in [0.05, 0.1) is 6.33 Å². The van der Waals surface area contributed by atoms with Gasteiger partial charge in [0.2, 0.25) is 5.65 Å². The number of imidazole rings is 1. The Kier molecular flexibility index (Phi) is 1.18. The van der Waals surface area contributed by atoms with Crippen LogP contribution >= 0.6 is 0 Å². The maximum atomic E-state index is 3.92. The molecule has 2 heterocycles. The number of nitrogens with one attached hydrogen (secondary N) is 2. The molecule has 11 heavy (non-hydrogen) atoms. The van der Waals surface area contributed by atoms with E-state index in [9.17, 15) is 0 Å². The molecule has 0 aromatic carbocycles. The lowest BCUT2D eigenvalue weighted by molar-refractivity contribution is 0.891. The van der Waals surface area contributed by atoms with Crippen LogP contribution < -0.4 is 5.32 Å². The van der Waals surface area contributed by atoms with Gasteiger partial charge in [0.1, 0.15) is 5.52 Å². The van der Waals surface area contributed by atoms with Crippen LogP contribution in [0.1, 0.15) is 0 Å². The van der Waals surface area contributed by atoms with Crippen LogP contribution in [0.25, 0.3) is 11.2 Å². The van der Waals surface area contributed by atoms with Gasteiger partial charge in [-0.2, -0.15) is 0 Å². The molecule has 6 heteroatoms. The van der Waals surface area contributed by atoms with Crippen molar-refractivity contribution in [3.63, 3.8) is 0 Å². The third-order valence-electron chi connectivity index (χ3n) is 1.38. The van der Waals surface area contributed by atoms with Crippen LogP contribution in [-0.4, -0.2) is 32.4 Å². The summed E-state index contributed by atoms with van der Waals surface area (Å²) in [5.41, 5.74) is 1.35. The molecule has 0 amide bonds. The van der Waals surface area contributed by atoms with Crippen LogP contribution in [0.2, 0.25) is 0 Å². The number of aromatic nitrogens is 5. The molecule has 0 fully saturated rings. The summed E-state index contributed by atoms with van der Waals surface area (Å²) >= 11 is 0. The summed E-state index contributed by atoms with van der Waals surface area (Å²) in [4.78, 5) is 6.82. The van der Waals surface area contributed by atoms with E-state index in [1.54, 1.807) is 13.4 Å². The van der Waals surface area contributed by atoms with Crippen molar-refractivity contribution in [2.24, 2.45) is 0 Å². The van der Waals surface area contributed by atoms with Crippen molar-refractivity contribution in [3.8, 4) is 0 Å². The van der Waals surface area contributed by atoms with Crippen molar-refractivity contribution < 1.29 is 0 Å². The van der Waals surface area contributed by atoms with E-state index in [1.807, 2.05) is 0 Å². The molecule has 0 atom stereocenters. The summed E-state index contributed by atoms with van der Waals surface area (Å²) in [6, 6.07) is 0. The molecule has 6 nitrogen and oxygen atoms in total. The first kappa shape index (κ1) is 6.02. The summed E-state index contributed by atoms with van der Waals surface area (Å²) in [7, 11) is 1.77. The van der Waals surface area contributed by atoms with Gasteiger partial charge in [-0.15, -0.1) is 10.2 Å². The van der Waals surface area contributed by atoms with Crippen LogP contribution in [0, 0.1) is 0 Å². The second kappa shape index (κ2) is 2.15. The van der Waals surface area contributed by atoms with Gasteiger partial charge in [-0.3, -0.25) is 0 Å². The van der Waals surface area contributed by atoms with Crippen molar-refractivity contribution in [2.75, 3.05) is 12.4 Å². The Morgan fingerprint density at radius 2 is 2.36 bits per heavy atom. The van der Waals surface area contributed by atoms with Crippen molar-refractivity contribution in [1.82, 2.24) is 25.4 Å². The highest BCUT2D eigenvalue weighted by Crippen LogP contribution is 2.11. The number of hydrogen-bond acceptors (Lipinski definition) is 5. The molecule has 0 radical (unpaired) electrons. The molecule has 0 bridgehead atoms. The Labute approximate surface area is 62.1 Å². The number of rotatable bonds is 1. The number of hydrogen-bond donors (Lipinski definition) is 2. The van der Waals surface area contributed by atoms with E-state index < -0.39 is 0 Å². The number of fused-ring (bicyclic) bond motifs is 1. The third-order valence-corrected chi connectivity index (χ3v) is 1.38. The Morgan fingerprint density at radius 3 is 3.18 bits per heavy atom. The number of aromatic amines is 1. The Bertz CT molecular complexity index is 366. The summed E-state index contributed by atoms with van der Waals surface area (Å²) in [5.74, 6) is 0.660. The predicted octanol–water partition coefficient (Wildman–Crippen LogP) is -0.210. The molecule has 0 aliphatic carbocycles. The normalized spacial score (nSPS) is 10.3. The smallest absolute Gasteiger partial charge is 0.205 e. The highest BCUT2D eigenvalue weighted by Gasteiger charge is 2.03. The molecule has 2 N–H and O–H groups in total. The third kappa shape index (κ3) is 0.794. The van der Waals surface area contributed by atoms with E-state index >= 15 is 0 Å². The maximum Gasteiger partial charge on any atom is 0.205 e. The van der Waals surface area contributed by atoms with Crippen LogP contribution in [0.4, 0.5) is 5.82 Å². The first-order valence-electron chi connectivity index (χ1n) is 3.12. The van der Waals surface area contributed by atoms with Crippen molar-refractivity contribution >= 4 is 17.0 Å². The fourth-order valence-electron chi connectivity index (χ4n) is 0.872. The lowest BCUT2D eigenvalue weighted by Gasteiger charge is -1.94. The highest BCUT2D eigenvalue weighted by atomic mass is 15.3. The van der Waals surface area contributed by atoms with E-state index in [2.05, 4.69) is 30.7 Å². The van der Waals surface area contributed by atoms with Crippen molar-refractivity contribution in [2.45, 2.75) is 0 Å². The second-order valence-corrected chi connectivity index (χ2v) is 1.99. The molecule has 0 saturated carbocycles. The topological polar surface area (TPSA) is 79.4 Å². The average Bonchev–Trinajstić information content (AvgIpc) is 2.50. The molecular formula is C5H6N6. The van der Waals surface area contributed by atoms with E-state index in [0.29, 0.717) is 11.5 Å². The molecule has 0 spiro atoms. The van der Waals surface area contributed by atoms with E-state index in [1.165, 1.54) is 0 Å². The quantitative estimate of drug-likeness (QED) is 0.588. The number of nitrogens with zero attached hydrogens (tertiary/aromatic N) is 4. The predicted molar refractivity (Wildman–Crippen MR) is 39.0 cm³/mol. The molecule has 0 unspecified atom stereocenters. The summed E-state index contributed by atoms with van der Waals surface area (Å²) in [6.07, 6.45) is 1.56. The Morgan fingerprint density at radius 1 is 1.45 bits per heavy atom. The maximum absolute atomic E-state index is 3.92. The van der Waals surface area contributed by atoms with Gasteiger partial charge in [-0.05, 0) is 5.21 Å². The zero-order valence-corrected chi connectivity index (χ0v) is 5.87. The number of H-pyrrole nitrogens is 1. The van der Waals surface area contributed by atoms with Crippen LogP contribution in [0.3, 0.4) is 0 Å². The molecule has 0 aliphatic rings. The van der Waals surface area contributed by atoms with Crippen LogP contribution in [-0.2, 0) is 0 Å². The standard InChI is InChI=1S/C5H6N6/c1-6-4-3-5(8-2-7-3)10-11-9-4/h2H,1H3,(H2,6,7,8,9,10). The zero-order chi connectivity index (χ0) is 7.68. The van der Waals surface area contributed by atoms with Gasteiger partial charge in [-0.25, -0.2) is 4.98 Å². The average molecular weight is 150 g/mol. The fourth-order valence-corrected chi connectivity index (χ4v) is 0.872. The molecule has 0 aliphatic heterocycles. The van der Waals surface area contributed by atoms with Crippen molar-refractivity contribution in [3.05, 3.63) is 6.33 Å². The lowest BCUT2D eigenvalue weighted by Crippen LogP contribution is -1.97. The molecule has 0 saturated heterocycles. The Balaban J connectivity index is 2.79. The minimum Gasteiger partial charge on any atom is -0.370 e. The molecule has 2 aromatic rings. The van der Waals surface area contributed by atoms with E-state index in [0.717, 1.165) is 5.52 Å². The van der Waals surface area contributed by atoms with Gasteiger partial charge >= 0.3 is 0 Å². The Hall–Kier alpha value is -1.72. The summed E-state index contributed by atoms with van der Waals surface area (Å²) in [6.45, 7) is 0. The van der Waals surface area contributed by atoms with Gasteiger partial charge in [0.25, 0.3) is 0 Å². The van der Waals surface area contributed by atoms with E-state index in [4.69, 9.17) is 0 Å². The largest absolute Gasteiger partial charge is 0.370 e. The molecule has 2 aromatic heterocycles. The van der Waals surface area contributed by atoms with Gasteiger partial charge in [0, 0.05) is 7.05 Å². The van der Waals surface area contributed by atoms with Gasteiger partial charge in [0.15, 0.2) is 5.82 Å². The zero-order valence-electron chi connectivity index (χ0n) is 5.87. The van der Waals surface area contributed by atoms with E-state index in [-0.39, 0.29) is 0 Å². The minimum absolute atomic E-state index is 0.573. The van der Waals surface area contributed by atoms with Gasteiger partial charge in [-0.1, -0.05) is 0 Å². The lowest BCUT2D eigenvalue weighted by atomic mass is 10.5. The van der Waals surface area contributed by atoms with Crippen molar-refractivity contribution in [1.29, 1.82) is 0 Å². The fraction of sp³-hybridized carbons (Fsp3) is 0.200. The van der Waals surface area contributed by atoms with Crippen LogP contribution in [0.5, 0.6) is 0 Å². The number of anilines is 1. The van der Waals surface area contributed by atoms with Crippen LogP contribution in [0.15, 0.2) is 6.33 Å². The molecular weight excluding hydrogens is 144 g/mol. The molecule has 56 valence electrons.